The fourth-order valence-electron chi connectivity index (χ4n) is 2.92. The molecule has 2 aromatic rings. The molecule has 8 heteroatoms. The van der Waals surface area contributed by atoms with Crippen LogP contribution in [0.15, 0.2) is 48.5 Å². The number of hydrogen-bond donors (Lipinski definition) is 1. The molecule has 0 spiro atoms. The molecule has 148 valence electrons. The van der Waals surface area contributed by atoms with Crippen molar-refractivity contribution >= 4 is 29.3 Å². The number of carbonyl (C=O) groups excluding carboxylic acids is 2. The number of halogens is 3. The van der Waals surface area contributed by atoms with Gasteiger partial charge in [-0.15, -0.1) is 11.8 Å². The van der Waals surface area contributed by atoms with Crippen molar-refractivity contribution in [3.05, 3.63) is 65.2 Å². The van der Waals surface area contributed by atoms with Gasteiger partial charge in [-0.25, -0.2) is 0 Å². The van der Waals surface area contributed by atoms with Crippen molar-refractivity contribution in [1.29, 1.82) is 0 Å². The van der Waals surface area contributed by atoms with Gasteiger partial charge in [0.25, 0.3) is 0 Å². The lowest BCUT2D eigenvalue weighted by Gasteiger charge is -2.24. The summed E-state index contributed by atoms with van der Waals surface area (Å²) in [6.45, 7) is 2.08. The summed E-state index contributed by atoms with van der Waals surface area (Å²) in [5, 5.41) is 2.23. The third kappa shape index (κ3) is 4.86. The average molecular weight is 408 g/mol. The minimum absolute atomic E-state index is 0.0651. The van der Waals surface area contributed by atoms with Gasteiger partial charge in [0.05, 0.1) is 11.3 Å². The van der Waals surface area contributed by atoms with Crippen LogP contribution in [0.2, 0.25) is 0 Å². The third-order valence-corrected chi connectivity index (χ3v) is 5.64. The highest BCUT2D eigenvalue weighted by Crippen LogP contribution is 2.40. The lowest BCUT2D eigenvalue weighted by Crippen LogP contribution is -2.31. The molecule has 3 rings (SSSR count). The van der Waals surface area contributed by atoms with Crippen LogP contribution in [-0.2, 0) is 15.8 Å². The summed E-state index contributed by atoms with van der Waals surface area (Å²) in [6.07, 6.45) is -4.38. The highest BCUT2D eigenvalue weighted by atomic mass is 32.2. The van der Waals surface area contributed by atoms with Gasteiger partial charge >= 0.3 is 6.18 Å². The van der Waals surface area contributed by atoms with Crippen molar-refractivity contribution < 1.29 is 22.8 Å². The first-order chi connectivity index (χ1) is 13.2. The van der Waals surface area contributed by atoms with Gasteiger partial charge in [-0.3, -0.25) is 9.59 Å². The minimum atomic E-state index is -4.44. The second-order valence-electron chi connectivity index (χ2n) is 6.54. The zero-order valence-corrected chi connectivity index (χ0v) is 15.9. The predicted octanol–water partition coefficient (Wildman–Crippen LogP) is 4.62. The van der Waals surface area contributed by atoms with Crippen LogP contribution in [0.4, 0.5) is 18.9 Å². The lowest BCUT2D eigenvalue weighted by atomic mass is 10.1. The predicted molar refractivity (Wildman–Crippen MR) is 103 cm³/mol. The number of anilines is 1. The molecular formula is C20H19F3N2O2S. The second kappa shape index (κ2) is 8.26. The van der Waals surface area contributed by atoms with E-state index in [9.17, 15) is 22.8 Å². The van der Waals surface area contributed by atoms with E-state index in [4.69, 9.17) is 0 Å². The Bertz CT molecular complexity index is 868. The fourth-order valence-corrected chi connectivity index (χ4v) is 4.13. The van der Waals surface area contributed by atoms with Crippen LogP contribution in [0.1, 0.15) is 28.5 Å². The number of alkyl halides is 3. The zero-order chi connectivity index (χ0) is 20.3. The largest absolute Gasteiger partial charge is 0.416 e. The molecule has 1 fully saturated rings. The molecule has 1 aliphatic rings. The van der Waals surface area contributed by atoms with Crippen LogP contribution in [-0.4, -0.2) is 29.0 Å². The number of nitrogens with one attached hydrogen (secondary N) is 1. The van der Waals surface area contributed by atoms with Crippen molar-refractivity contribution in [2.75, 3.05) is 17.6 Å². The van der Waals surface area contributed by atoms with Crippen LogP contribution in [0.3, 0.4) is 0 Å². The molecule has 4 nitrogen and oxygen atoms in total. The molecule has 0 saturated carbocycles. The Kier molecular flexibility index (Phi) is 5.98. The number of aryl methyl sites for hydroxylation is 1. The quantitative estimate of drug-likeness (QED) is 0.786. The van der Waals surface area contributed by atoms with Crippen molar-refractivity contribution in [2.24, 2.45) is 0 Å². The smallest absolute Gasteiger partial charge is 0.326 e. The van der Waals surface area contributed by atoms with E-state index >= 15 is 0 Å². The van der Waals surface area contributed by atoms with Gasteiger partial charge < -0.3 is 10.2 Å². The highest BCUT2D eigenvalue weighted by Gasteiger charge is 2.35. The van der Waals surface area contributed by atoms with Crippen LogP contribution >= 0.6 is 11.8 Å². The Hall–Kier alpha value is -2.48. The summed E-state index contributed by atoms with van der Waals surface area (Å²) in [6, 6.07) is 12.3. The third-order valence-electron chi connectivity index (χ3n) is 4.38. The van der Waals surface area contributed by atoms with E-state index in [1.54, 1.807) is 18.2 Å². The molecule has 0 radical (unpaired) electrons. The van der Waals surface area contributed by atoms with Crippen LogP contribution in [0.25, 0.3) is 0 Å². The van der Waals surface area contributed by atoms with Crippen molar-refractivity contribution in [1.82, 2.24) is 4.90 Å². The SMILES string of the molecule is Cc1ccc(NC(=O)CCN2C(=O)CSC2c2cccc(C(F)(F)F)c2)cc1. The highest BCUT2D eigenvalue weighted by molar-refractivity contribution is 8.00. The van der Waals surface area contributed by atoms with Gasteiger partial charge in [-0.2, -0.15) is 13.2 Å². The van der Waals surface area contributed by atoms with Gasteiger partial charge in [0.2, 0.25) is 11.8 Å². The molecule has 1 saturated heterocycles. The molecule has 1 heterocycles. The van der Waals surface area contributed by atoms with E-state index in [0.29, 0.717) is 11.3 Å². The number of rotatable bonds is 5. The van der Waals surface area contributed by atoms with Crippen molar-refractivity contribution in [3.8, 4) is 0 Å². The normalized spacial score (nSPS) is 17.1. The Morgan fingerprint density at radius 2 is 1.93 bits per heavy atom. The first-order valence-electron chi connectivity index (χ1n) is 8.69. The summed E-state index contributed by atoms with van der Waals surface area (Å²) in [5.41, 5.74) is 1.39. The Morgan fingerprint density at radius 3 is 2.61 bits per heavy atom. The summed E-state index contributed by atoms with van der Waals surface area (Å²) >= 11 is 1.27. The first-order valence-corrected chi connectivity index (χ1v) is 9.73. The number of thioether (sulfide) groups is 1. The molecule has 1 unspecified atom stereocenters. The monoisotopic (exact) mass is 408 g/mol. The minimum Gasteiger partial charge on any atom is -0.326 e. The molecule has 0 bridgehead atoms. The van der Waals surface area contributed by atoms with E-state index in [1.807, 2.05) is 19.1 Å². The summed E-state index contributed by atoms with van der Waals surface area (Å²) in [5.74, 6) is -0.257. The average Bonchev–Trinajstić information content (AvgIpc) is 3.02. The summed E-state index contributed by atoms with van der Waals surface area (Å²) in [4.78, 5) is 25.9. The molecule has 2 amide bonds. The molecule has 1 atom stereocenters. The van der Waals surface area contributed by atoms with Gasteiger partial charge in [-0.05, 0) is 36.8 Å². The number of benzene rings is 2. The van der Waals surface area contributed by atoms with E-state index in [-0.39, 0.29) is 30.5 Å². The summed E-state index contributed by atoms with van der Waals surface area (Å²) < 4.78 is 38.9. The fraction of sp³-hybridized carbons (Fsp3) is 0.300. The van der Waals surface area contributed by atoms with Gasteiger partial charge in [0, 0.05) is 18.7 Å². The van der Waals surface area contributed by atoms with Crippen molar-refractivity contribution in [2.45, 2.75) is 24.9 Å². The topological polar surface area (TPSA) is 49.4 Å². The Balaban J connectivity index is 1.66. The number of hydrogen-bond acceptors (Lipinski definition) is 3. The first kappa shape index (κ1) is 20.3. The molecule has 2 aromatic carbocycles. The lowest BCUT2D eigenvalue weighted by molar-refractivity contribution is -0.137. The molecular weight excluding hydrogens is 389 g/mol. The van der Waals surface area contributed by atoms with E-state index in [0.717, 1.165) is 17.7 Å². The summed E-state index contributed by atoms with van der Waals surface area (Å²) in [7, 11) is 0. The number of nitrogens with zero attached hydrogens (tertiary/aromatic N) is 1. The van der Waals surface area contributed by atoms with Crippen molar-refractivity contribution in [3.63, 3.8) is 0 Å². The van der Waals surface area contributed by atoms with Gasteiger partial charge in [0.15, 0.2) is 0 Å². The Labute approximate surface area is 165 Å². The van der Waals surface area contributed by atoms with E-state index < -0.39 is 17.1 Å². The number of carbonyl (C=O) groups is 2. The molecule has 0 aliphatic carbocycles. The van der Waals surface area contributed by atoms with Gasteiger partial charge in [0.1, 0.15) is 5.37 Å². The van der Waals surface area contributed by atoms with Crippen LogP contribution < -0.4 is 5.32 Å². The van der Waals surface area contributed by atoms with E-state index in [2.05, 4.69) is 5.32 Å². The second-order valence-corrected chi connectivity index (χ2v) is 7.61. The standard InChI is InChI=1S/C20H19F3N2O2S/c1-13-5-7-16(8-6-13)24-17(26)9-10-25-18(27)12-28-19(25)14-3-2-4-15(11-14)20(21,22)23/h2-8,11,19H,9-10,12H2,1H3,(H,24,26). The zero-order valence-electron chi connectivity index (χ0n) is 15.1. The maximum Gasteiger partial charge on any atom is 0.416 e. The van der Waals surface area contributed by atoms with Crippen LogP contribution in [0, 0.1) is 6.92 Å². The maximum atomic E-state index is 13.0. The van der Waals surface area contributed by atoms with E-state index in [1.165, 1.54) is 22.7 Å². The molecule has 0 aromatic heterocycles. The number of amides is 2. The maximum absolute atomic E-state index is 13.0. The molecule has 1 N–H and O–H groups in total. The van der Waals surface area contributed by atoms with Crippen LogP contribution in [0.5, 0.6) is 0 Å². The van der Waals surface area contributed by atoms with Gasteiger partial charge in [-0.1, -0.05) is 29.8 Å². The Morgan fingerprint density at radius 1 is 1.21 bits per heavy atom. The molecule has 1 aliphatic heterocycles. The molecule has 28 heavy (non-hydrogen) atoms.